The molecule has 2 rings (SSSR count). The Morgan fingerprint density at radius 3 is 1.92 bits per heavy atom. The topological polar surface area (TPSA) is 51.2 Å². The Balaban J connectivity index is 2.49. The molecule has 1 aliphatic rings. The molecule has 39 heavy (non-hydrogen) atoms. The van der Waals surface area contributed by atoms with E-state index in [1.165, 1.54) is 16.7 Å². The van der Waals surface area contributed by atoms with Gasteiger partial charge in [0.2, 0.25) is 0 Å². The molecule has 4 atom stereocenters. The molecule has 0 radical (unpaired) electrons. The van der Waals surface area contributed by atoms with Crippen LogP contribution in [0.4, 0.5) is 0 Å². The van der Waals surface area contributed by atoms with Crippen LogP contribution < -0.4 is 0 Å². The molecular formula is C36H54O3. The Labute approximate surface area is 238 Å². The fourth-order valence-electron chi connectivity index (χ4n) is 6.74. The first-order valence-corrected chi connectivity index (χ1v) is 14.9. The molecular weight excluding hydrogens is 480 g/mol. The van der Waals surface area contributed by atoms with Gasteiger partial charge in [-0.05, 0) is 65.2 Å². The Bertz CT molecular complexity index is 1140. The number of hydrogen-bond donors (Lipinski definition) is 0. The minimum absolute atomic E-state index is 0.0506. The summed E-state index contributed by atoms with van der Waals surface area (Å²) in [7, 11) is 0. The van der Waals surface area contributed by atoms with Crippen LogP contribution in [-0.2, 0) is 14.4 Å². The number of allylic oxidation sites excluding steroid dienone is 4. The summed E-state index contributed by atoms with van der Waals surface area (Å²) in [5, 5.41) is 0. The van der Waals surface area contributed by atoms with E-state index in [1.54, 1.807) is 6.92 Å². The van der Waals surface area contributed by atoms with E-state index in [1.807, 2.05) is 13.8 Å². The summed E-state index contributed by atoms with van der Waals surface area (Å²) in [6.07, 6.45) is 3.14. The first-order chi connectivity index (χ1) is 17.8. The van der Waals surface area contributed by atoms with Gasteiger partial charge in [-0.3, -0.25) is 14.4 Å². The van der Waals surface area contributed by atoms with Gasteiger partial charge >= 0.3 is 0 Å². The van der Waals surface area contributed by atoms with Gasteiger partial charge in [0.15, 0.2) is 5.78 Å². The van der Waals surface area contributed by atoms with Gasteiger partial charge in [0.1, 0.15) is 11.6 Å². The smallest absolute Gasteiger partial charge is 0.162 e. The van der Waals surface area contributed by atoms with Crippen molar-refractivity contribution in [2.75, 3.05) is 0 Å². The van der Waals surface area contributed by atoms with Crippen molar-refractivity contribution in [3.05, 3.63) is 52.6 Å². The highest BCUT2D eigenvalue weighted by atomic mass is 16.1. The number of carbonyl (C=O) groups is 3. The van der Waals surface area contributed by atoms with Crippen LogP contribution in [0.5, 0.6) is 0 Å². The number of carbonyl (C=O) groups excluding carboxylic acids is 3. The van der Waals surface area contributed by atoms with E-state index in [4.69, 9.17) is 0 Å². The van der Waals surface area contributed by atoms with Crippen LogP contribution in [0.2, 0.25) is 0 Å². The summed E-state index contributed by atoms with van der Waals surface area (Å²) in [5.41, 5.74) is 4.83. The predicted molar refractivity (Wildman–Crippen MR) is 165 cm³/mol. The second kappa shape index (κ2) is 12.5. The second-order valence-electron chi connectivity index (χ2n) is 14.4. The number of benzene rings is 1. The predicted octanol–water partition coefficient (Wildman–Crippen LogP) is 9.26. The van der Waals surface area contributed by atoms with Crippen molar-refractivity contribution in [2.45, 2.75) is 109 Å². The van der Waals surface area contributed by atoms with Crippen molar-refractivity contribution in [3.63, 3.8) is 0 Å². The van der Waals surface area contributed by atoms with Crippen molar-refractivity contribution < 1.29 is 14.4 Å². The highest BCUT2D eigenvalue weighted by molar-refractivity contribution is 6.01. The van der Waals surface area contributed by atoms with E-state index >= 15 is 0 Å². The molecule has 0 aromatic heterocycles. The van der Waals surface area contributed by atoms with E-state index < -0.39 is 5.92 Å². The molecule has 1 aromatic rings. The van der Waals surface area contributed by atoms with E-state index in [0.717, 1.165) is 11.1 Å². The maximum absolute atomic E-state index is 14.3. The zero-order valence-electron chi connectivity index (χ0n) is 27.0. The summed E-state index contributed by atoms with van der Waals surface area (Å²) in [4.78, 5) is 40.4. The zero-order valence-corrected chi connectivity index (χ0v) is 27.0. The molecule has 4 unspecified atom stereocenters. The molecule has 0 saturated heterocycles. The van der Waals surface area contributed by atoms with Crippen LogP contribution in [0.1, 0.15) is 120 Å². The van der Waals surface area contributed by atoms with E-state index in [-0.39, 0.29) is 58.3 Å². The minimum atomic E-state index is -0.424. The number of Topliss-reactive ketones (excluding diaryl/α,β-unsaturated/α-hetero) is 3. The van der Waals surface area contributed by atoms with Crippen LogP contribution in [0.3, 0.4) is 0 Å². The van der Waals surface area contributed by atoms with Crippen LogP contribution in [0, 0.1) is 40.4 Å². The molecule has 0 bridgehead atoms. The average molecular weight is 535 g/mol. The molecule has 0 heterocycles. The lowest BCUT2D eigenvalue weighted by Gasteiger charge is -2.40. The lowest BCUT2D eigenvalue weighted by atomic mass is 9.63. The fourth-order valence-corrected chi connectivity index (χ4v) is 6.74. The van der Waals surface area contributed by atoms with Crippen LogP contribution in [0.15, 0.2) is 41.5 Å². The highest BCUT2D eigenvalue weighted by Gasteiger charge is 2.45. The molecule has 3 nitrogen and oxygen atoms in total. The van der Waals surface area contributed by atoms with Crippen molar-refractivity contribution in [1.82, 2.24) is 0 Å². The van der Waals surface area contributed by atoms with Gasteiger partial charge in [0, 0.05) is 30.1 Å². The maximum atomic E-state index is 14.3. The minimum Gasteiger partial charge on any atom is -0.300 e. The van der Waals surface area contributed by atoms with Crippen LogP contribution in [0.25, 0.3) is 5.57 Å². The second-order valence-corrected chi connectivity index (χ2v) is 14.4. The molecule has 1 aromatic carbocycles. The monoisotopic (exact) mass is 534 g/mol. The lowest BCUT2D eigenvalue weighted by molar-refractivity contribution is -0.133. The van der Waals surface area contributed by atoms with Crippen molar-refractivity contribution in [3.8, 4) is 0 Å². The third-order valence-electron chi connectivity index (χ3n) is 9.18. The van der Waals surface area contributed by atoms with Crippen LogP contribution >= 0.6 is 0 Å². The fraction of sp³-hybridized carbons (Fsp3) is 0.639. The average Bonchev–Trinajstić information content (AvgIpc) is 3.16. The normalized spacial score (nSPS) is 18.8. The number of fused-ring (bicyclic) bond motifs is 1. The van der Waals surface area contributed by atoms with Gasteiger partial charge in [0.25, 0.3) is 0 Å². The zero-order chi connectivity index (χ0) is 30.0. The third-order valence-corrected chi connectivity index (χ3v) is 9.18. The summed E-state index contributed by atoms with van der Waals surface area (Å²) in [6, 6.07) is 8.53. The third kappa shape index (κ3) is 7.27. The van der Waals surface area contributed by atoms with Crippen molar-refractivity contribution in [2.24, 2.45) is 40.4 Å². The summed E-state index contributed by atoms with van der Waals surface area (Å²) < 4.78 is 0. The summed E-state index contributed by atoms with van der Waals surface area (Å²) in [6.45, 7) is 26.7. The van der Waals surface area contributed by atoms with Crippen LogP contribution in [-0.4, -0.2) is 17.3 Å². The largest absolute Gasteiger partial charge is 0.300 e. The summed E-state index contributed by atoms with van der Waals surface area (Å²) in [5.74, 6) is 0.190. The van der Waals surface area contributed by atoms with Crippen molar-refractivity contribution >= 4 is 22.9 Å². The van der Waals surface area contributed by atoms with Gasteiger partial charge in [-0.15, -0.1) is 0 Å². The van der Waals surface area contributed by atoms with Gasteiger partial charge in [0.05, 0.1) is 0 Å². The molecule has 0 amide bonds. The Kier molecular flexibility index (Phi) is 10.5. The molecule has 0 fully saturated rings. The number of rotatable bonds is 12. The first-order valence-electron chi connectivity index (χ1n) is 14.9. The molecule has 0 aliphatic heterocycles. The number of ketones is 3. The molecule has 0 spiro atoms. The van der Waals surface area contributed by atoms with E-state index in [2.05, 4.69) is 99.6 Å². The Morgan fingerprint density at radius 2 is 1.44 bits per heavy atom. The van der Waals surface area contributed by atoms with Gasteiger partial charge in [-0.2, -0.15) is 0 Å². The first kappa shape index (κ1) is 32.9. The van der Waals surface area contributed by atoms with Gasteiger partial charge in [-0.1, -0.05) is 112 Å². The highest BCUT2D eigenvalue weighted by Crippen LogP contribution is 2.51. The SMILES string of the molecule is CC(=O)C(C)C/C(=C(\C)C(=O)C(CC(=O)C(C(C)C)C(C)(C)C1=CC(C)c2ccccc21)C(C)(C)C)C(C)C. The molecule has 3 heteroatoms. The molecule has 0 saturated carbocycles. The maximum Gasteiger partial charge on any atom is 0.162 e. The van der Waals surface area contributed by atoms with E-state index in [0.29, 0.717) is 12.3 Å². The van der Waals surface area contributed by atoms with E-state index in [9.17, 15) is 14.4 Å². The quantitative estimate of drug-likeness (QED) is 0.251. The standard InChI is InChI=1S/C36H54O3/c1-21(2)29(18-23(5)26(8)37)25(7)34(39)31(35(9,10)11)20-32(38)33(22(3)4)36(12,13)30-19-24(6)27-16-14-15-17-28(27)30/h14-17,19,21-24,31,33H,18,20H2,1-13H3/b29-25-. The van der Waals surface area contributed by atoms with Gasteiger partial charge < -0.3 is 0 Å². The molecule has 216 valence electrons. The summed E-state index contributed by atoms with van der Waals surface area (Å²) >= 11 is 0. The van der Waals surface area contributed by atoms with Gasteiger partial charge in [-0.25, -0.2) is 0 Å². The molecule has 1 aliphatic carbocycles. The Morgan fingerprint density at radius 1 is 0.872 bits per heavy atom. The Hall–Kier alpha value is -2.29. The lowest BCUT2D eigenvalue weighted by Crippen LogP contribution is -2.40. The number of hydrogen-bond acceptors (Lipinski definition) is 3. The molecule has 0 N–H and O–H groups in total. The van der Waals surface area contributed by atoms with Crippen molar-refractivity contribution in [1.29, 1.82) is 0 Å².